The molecule has 0 saturated carbocycles. The predicted octanol–water partition coefficient (Wildman–Crippen LogP) is 3.20. The van der Waals surface area contributed by atoms with Gasteiger partial charge < -0.3 is 14.0 Å². The molecule has 134 valence electrons. The average molecular weight is 350 g/mol. The van der Waals surface area contributed by atoms with Crippen molar-refractivity contribution in [2.45, 2.75) is 76.2 Å². The first-order valence-corrected chi connectivity index (χ1v) is 13.0. The van der Waals surface area contributed by atoms with Crippen molar-refractivity contribution < 1.29 is 14.0 Å². The molecule has 24 heavy (non-hydrogen) atoms. The van der Waals surface area contributed by atoms with Crippen LogP contribution in [0.5, 0.6) is 0 Å². The minimum atomic E-state index is -1.81. The van der Waals surface area contributed by atoms with E-state index in [1.807, 2.05) is 0 Å². The summed E-state index contributed by atoms with van der Waals surface area (Å²) in [5.74, 6) is -0.0582. The highest BCUT2D eigenvalue weighted by Gasteiger charge is 2.81. The Hall–Kier alpha value is -0.493. The van der Waals surface area contributed by atoms with Gasteiger partial charge in [0, 0.05) is 23.8 Å². The molecule has 5 rings (SSSR count). The van der Waals surface area contributed by atoms with Gasteiger partial charge in [0.2, 0.25) is 0 Å². The summed E-state index contributed by atoms with van der Waals surface area (Å²) >= 11 is 0. The van der Waals surface area contributed by atoms with Crippen molar-refractivity contribution in [3.8, 4) is 0 Å². The van der Waals surface area contributed by atoms with Crippen LogP contribution in [0.1, 0.15) is 33.1 Å². The summed E-state index contributed by atoms with van der Waals surface area (Å²) in [7, 11) is -1.81. The Bertz CT molecular complexity index is 573. The molecule has 0 amide bonds. The standard InChI is InChI=1S/C19H31NO3Si/c1-6-7-9-18-15-8-10-20(18)14-11-16(18)22-19(15,23-24(3,4)5)17(14)13(2)12-21/h7,9,12-17H,6,8,10-11H2,1-5H3/b9-7+/t13-,14+,15+,16+,17-,18+,19-/m1/s1. The van der Waals surface area contributed by atoms with Gasteiger partial charge in [-0.05, 0) is 45.4 Å². The first-order chi connectivity index (χ1) is 11.3. The van der Waals surface area contributed by atoms with Gasteiger partial charge in [-0.1, -0.05) is 26.0 Å². The van der Waals surface area contributed by atoms with Crippen LogP contribution in [0.15, 0.2) is 12.2 Å². The predicted molar refractivity (Wildman–Crippen MR) is 96.1 cm³/mol. The van der Waals surface area contributed by atoms with Crippen LogP contribution in [-0.2, 0) is 14.0 Å². The zero-order valence-electron chi connectivity index (χ0n) is 15.6. The van der Waals surface area contributed by atoms with Crippen LogP contribution in [0.2, 0.25) is 19.6 Å². The molecule has 0 aromatic rings. The molecule has 0 aliphatic carbocycles. The van der Waals surface area contributed by atoms with E-state index in [9.17, 15) is 4.79 Å². The Labute approximate surface area is 146 Å². The molecule has 5 aliphatic heterocycles. The number of nitrogens with zero attached hydrogens (tertiary/aromatic N) is 1. The lowest BCUT2D eigenvalue weighted by Crippen LogP contribution is -2.65. The molecule has 0 N–H and O–H groups in total. The maximum Gasteiger partial charge on any atom is 0.187 e. The van der Waals surface area contributed by atoms with Crippen molar-refractivity contribution in [3.05, 3.63) is 12.2 Å². The molecule has 8 atom stereocenters. The smallest absolute Gasteiger partial charge is 0.187 e. The van der Waals surface area contributed by atoms with Crippen LogP contribution in [0, 0.1) is 17.8 Å². The molecule has 5 heteroatoms. The zero-order chi connectivity index (χ0) is 17.3. The van der Waals surface area contributed by atoms with Crippen LogP contribution in [-0.4, -0.2) is 49.5 Å². The van der Waals surface area contributed by atoms with E-state index in [-0.39, 0.29) is 23.5 Å². The Morgan fingerprint density at radius 2 is 2.17 bits per heavy atom. The van der Waals surface area contributed by atoms with E-state index in [0.717, 1.165) is 32.1 Å². The highest BCUT2D eigenvalue weighted by Crippen LogP contribution is 2.69. The summed E-state index contributed by atoms with van der Waals surface area (Å²) in [5.41, 5.74) is 0.0133. The first kappa shape index (κ1) is 16.9. The third kappa shape index (κ3) is 1.93. The minimum Gasteiger partial charge on any atom is -0.390 e. The fraction of sp³-hybridized carbons (Fsp3) is 0.842. The maximum atomic E-state index is 11.7. The lowest BCUT2D eigenvalue weighted by Gasteiger charge is -2.54. The van der Waals surface area contributed by atoms with Gasteiger partial charge in [0.1, 0.15) is 6.29 Å². The second kappa shape index (κ2) is 5.26. The van der Waals surface area contributed by atoms with Crippen LogP contribution in [0.25, 0.3) is 0 Å². The summed E-state index contributed by atoms with van der Waals surface area (Å²) in [4.78, 5) is 14.4. The average Bonchev–Trinajstić information content (AvgIpc) is 3.03. The highest BCUT2D eigenvalue weighted by atomic mass is 28.4. The van der Waals surface area contributed by atoms with Crippen molar-refractivity contribution in [1.82, 2.24) is 4.90 Å². The summed E-state index contributed by atoms with van der Waals surface area (Å²) in [5, 5.41) is 0. The number of carbonyl (C=O) groups excluding carboxylic acids is 1. The largest absolute Gasteiger partial charge is 0.390 e. The number of piperidine rings is 1. The SMILES string of the molecule is CC/C=C/[C@@]12[C@@H]3C[C@H]4[C@@H]([C@H](C)C=O)[C@@](O[Si](C)(C)C)(O3)[C@H]1CCN42. The number of ether oxygens (including phenoxy) is 1. The Kier molecular flexibility index (Phi) is 3.71. The third-order valence-corrected chi connectivity index (χ3v) is 7.58. The molecular weight excluding hydrogens is 318 g/mol. The topological polar surface area (TPSA) is 38.8 Å². The summed E-state index contributed by atoms with van der Waals surface area (Å²) < 4.78 is 13.6. The van der Waals surface area contributed by atoms with E-state index in [1.165, 1.54) is 0 Å². The molecule has 5 heterocycles. The van der Waals surface area contributed by atoms with Gasteiger partial charge >= 0.3 is 0 Å². The van der Waals surface area contributed by atoms with Crippen molar-refractivity contribution in [2.75, 3.05) is 6.54 Å². The lowest BCUT2D eigenvalue weighted by molar-refractivity contribution is -0.268. The number of allylic oxidation sites excluding steroid dienone is 1. The van der Waals surface area contributed by atoms with Gasteiger partial charge in [0.15, 0.2) is 14.1 Å². The fourth-order valence-electron chi connectivity index (χ4n) is 6.25. The van der Waals surface area contributed by atoms with E-state index >= 15 is 0 Å². The summed E-state index contributed by atoms with van der Waals surface area (Å²) in [6.45, 7) is 12.1. The summed E-state index contributed by atoms with van der Waals surface area (Å²) in [6, 6.07) is 0.417. The maximum absolute atomic E-state index is 11.7. The monoisotopic (exact) mass is 349 g/mol. The molecule has 0 radical (unpaired) electrons. The van der Waals surface area contributed by atoms with E-state index in [0.29, 0.717) is 12.0 Å². The molecule has 0 spiro atoms. The van der Waals surface area contributed by atoms with Gasteiger partial charge in [0.25, 0.3) is 0 Å². The molecule has 5 fully saturated rings. The fourth-order valence-corrected chi connectivity index (χ4v) is 7.53. The third-order valence-electron chi connectivity index (χ3n) is 6.64. The van der Waals surface area contributed by atoms with E-state index in [4.69, 9.17) is 9.16 Å². The van der Waals surface area contributed by atoms with Gasteiger partial charge in [-0.25, -0.2) is 0 Å². The van der Waals surface area contributed by atoms with Crippen molar-refractivity contribution in [2.24, 2.45) is 17.8 Å². The number of hydrogen-bond donors (Lipinski definition) is 0. The molecule has 6 bridgehead atoms. The van der Waals surface area contributed by atoms with Crippen LogP contribution in [0.4, 0.5) is 0 Å². The number of rotatable bonds is 6. The quantitative estimate of drug-likeness (QED) is 0.419. The Morgan fingerprint density at radius 1 is 1.42 bits per heavy atom. The van der Waals surface area contributed by atoms with Gasteiger partial charge in [-0.15, -0.1) is 0 Å². The van der Waals surface area contributed by atoms with Gasteiger partial charge in [-0.3, -0.25) is 4.90 Å². The van der Waals surface area contributed by atoms with E-state index in [2.05, 4.69) is 50.5 Å². The lowest BCUT2D eigenvalue weighted by atomic mass is 9.69. The second-order valence-corrected chi connectivity index (χ2v) is 13.5. The normalized spacial score (nSPS) is 50.1. The number of aldehydes is 1. The molecule has 1 unspecified atom stereocenters. The molecule has 5 saturated heterocycles. The number of carbonyl (C=O) groups is 1. The summed E-state index contributed by atoms with van der Waals surface area (Å²) in [6.07, 6.45) is 9.28. The van der Waals surface area contributed by atoms with Crippen LogP contribution >= 0.6 is 0 Å². The zero-order valence-corrected chi connectivity index (χ0v) is 16.6. The van der Waals surface area contributed by atoms with Crippen molar-refractivity contribution >= 4 is 14.6 Å². The molecule has 4 nitrogen and oxygen atoms in total. The minimum absolute atomic E-state index is 0.0133. The Balaban J connectivity index is 1.84. The first-order valence-electron chi connectivity index (χ1n) is 9.58. The van der Waals surface area contributed by atoms with Gasteiger partial charge in [0.05, 0.1) is 11.6 Å². The van der Waals surface area contributed by atoms with Crippen molar-refractivity contribution in [3.63, 3.8) is 0 Å². The second-order valence-electron chi connectivity index (χ2n) is 9.10. The molecule has 0 aromatic carbocycles. The van der Waals surface area contributed by atoms with E-state index < -0.39 is 14.1 Å². The molecular formula is C19H31NO3Si. The Morgan fingerprint density at radius 3 is 2.79 bits per heavy atom. The van der Waals surface area contributed by atoms with Crippen LogP contribution < -0.4 is 0 Å². The molecule has 5 aliphatic rings. The number of hydrogen-bond acceptors (Lipinski definition) is 4. The highest BCUT2D eigenvalue weighted by molar-refractivity contribution is 6.69. The molecule has 0 aromatic heterocycles. The van der Waals surface area contributed by atoms with E-state index in [1.54, 1.807) is 0 Å². The van der Waals surface area contributed by atoms with Crippen LogP contribution in [0.3, 0.4) is 0 Å². The van der Waals surface area contributed by atoms with Crippen molar-refractivity contribution in [1.29, 1.82) is 0 Å². The van der Waals surface area contributed by atoms with Gasteiger partial charge in [-0.2, -0.15) is 0 Å².